The van der Waals surface area contributed by atoms with Gasteiger partial charge in [0.25, 0.3) is 0 Å². The van der Waals surface area contributed by atoms with E-state index in [4.69, 9.17) is 17.4 Å². The molecule has 0 aliphatic carbocycles. The number of nitrogens with one attached hydrogen (secondary N) is 1. The molecule has 0 aliphatic rings. The van der Waals surface area contributed by atoms with Gasteiger partial charge in [-0.15, -0.1) is 0 Å². The average molecular weight is 368 g/mol. The summed E-state index contributed by atoms with van der Waals surface area (Å²) in [5, 5.41) is 0.704. The van der Waals surface area contributed by atoms with Gasteiger partial charge in [0.2, 0.25) is 0 Å². The molecule has 2 aromatic carbocycles. The molecule has 3 N–H and O–H groups in total. The highest BCUT2D eigenvalue weighted by Gasteiger charge is 2.16. The fraction of sp³-hybridized carbons (Fsp3) is 0.294. The van der Waals surface area contributed by atoms with Crippen LogP contribution in [0.25, 0.3) is 0 Å². The van der Waals surface area contributed by atoms with Crippen molar-refractivity contribution >= 4 is 27.5 Å². The lowest BCUT2D eigenvalue weighted by molar-refractivity contribution is 0.627. The zero-order valence-electron chi connectivity index (χ0n) is 12.2. The summed E-state index contributed by atoms with van der Waals surface area (Å²) >= 11 is 9.81. The van der Waals surface area contributed by atoms with Crippen molar-refractivity contribution in [1.29, 1.82) is 0 Å². The van der Waals surface area contributed by atoms with Crippen molar-refractivity contribution in [3.05, 3.63) is 68.7 Å². The van der Waals surface area contributed by atoms with E-state index in [0.29, 0.717) is 10.9 Å². The van der Waals surface area contributed by atoms with E-state index in [2.05, 4.69) is 59.5 Å². The number of hydrazine groups is 1. The van der Waals surface area contributed by atoms with Crippen molar-refractivity contribution < 1.29 is 0 Å². The Morgan fingerprint density at radius 2 is 1.95 bits per heavy atom. The average Bonchev–Trinajstić information content (AvgIpc) is 2.43. The summed E-state index contributed by atoms with van der Waals surface area (Å²) in [4.78, 5) is 0. The molecule has 0 spiro atoms. The van der Waals surface area contributed by atoms with Gasteiger partial charge in [0.1, 0.15) is 0 Å². The number of nitrogens with two attached hydrogens (primary N) is 1. The van der Waals surface area contributed by atoms with Gasteiger partial charge >= 0.3 is 0 Å². The van der Waals surface area contributed by atoms with E-state index in [1.165, 1.54) is 5.56 Å². The minimum absolute atomic E-state index is 0.123. The summed E-state index contributed by atoms with van der Waals surface area (Å²) in [7, 11) is 0. The maximum absolute atomic E-state index is 6.33. The molecule has 1 atom stereocenters. The molecule has 0 radical (unpaired) electrons. The minimum atomic E-state index is -0.123. The van der Waals surface area contributed by atoms with E-state index in [1.807, 2.05) is 18.2 Å². The largest absolute Gasteiger partial charge is 0.271 e. The van der Waals surface area contributed by atoms with Crippen molar-refractivity contribution in [3.8, 4) is 0 Å². The van der Waals surface area contributed by atoms with Gasteiger partial charge in [-0.2, -0.15) is 0 Å². The topological polar surface area (TPSA) is 38.0 Å². The normalized spacial score (nSPS) is 12.7. The Morgan fingerprint density at radius 1 is 1.19 bits per heavy atom. The third kappa shape index (κ3) is 4.30. The maximum Gasteiger partial charge on any atom is 0.0725 e. The lowest BCUT2D eigenvalue weighted by atomic mass is 9.95. The fourth-order valence-electron chi connectivity index (χ4n) is 2.47. The van der Waals surface area contributed by atoms with Gasteiger partial charge in [0.15, 0.2) is 0 Å². The second-order valence-electron chi connectivity index (χ2n) is 5.61. The SMILES string of the molecule is CC(C)Cc1cccc(C(NN)c2cc(Br)ccc2Cl)c1. The molecular weight excluding hydrogens is 348 g/mol. The summed E-state index contributed by atoms with van der Waals surface area (Å²) in [6.07, 6.45) is 1.05. The van der Waals surface area contributed by atoms with Gasteiger partial charge in [-0.25, -0.2) is 5.43 Å². The molecule has 0 bridgehead atoms. The number of rotatable bonds is 5. The third-order valence-electron chi connectivity index (χ3n) is 3.36. The van der Waals surface area contributed by atoms with Gasteiger partial charge in [0.05, 0.1) is 6.04 Å². The highest BCUT2D eigenvalue weighted by atomic mass is 79.9. The maximum atomic E-state index is 6.33. The highest BCUT2D eigenvalue weighted by molar-refractivity contribution is 9.10. The molecule has 0 amide bonds. The molecule has 0 saturated heterocycles. The van der Waals surface area contributed by atoms with Crippen LogP contribution in [0.5, 0.6) is 0 Å². The van der Waals surface area contributed by atoms with Crippen molar-refractivity contribution in [2.45, 2.75) is 26.3 Å². The van der Waals surface area contributed by atoms with Crippen LogP contribution in [-0.4, -0.2) is 0 Å². The molecule has 0 aromatic heterocycles. The van der Waals surface area contributed by atoms with Gasteiger partial charge < -0.3 is 0 Å². The third-order valence-corrected chi connectivity index (χ3v) is 4.20. The zero-order valence-corrected chi connectivity index (χ0v) is 14.6. The Labute approximate surface area is 139 Å². The Bertz CT molecular complexity index is 613. The molecule has 2 nitrogen and oxygen atoms in total. The van der Waals surface area contributed by atoms with Crippen LogP contribution in [0.3, 0.4) is 0 Å². The van der Waals surface area contributed by atoms with Crippen LogP contribution in [0.2, 0.25) is 5.02 Å². The van der Waals surface area contributed by atoms with E-state index in [-0.39, 0.29) is 6.04 Å². The minimum Gasteiger partial charge on any atom is -0.271 e. The van der Waals surface area contributed by atoms with E-state index >= 15 is 0 Å². The molecule has 4 heteroatoms. The van der Waals surface area contributed by atoms with E-state index in [0.717, 1.165) is 22.0 Å². The summed E-state index contributed by atoms with van der Waals surface area (Å²) in [6, 6.07) is 14.2. The van der Waals surface area contributed by atoms with Gasteiger partial charge in [-0.1, -0.05) is 65.6 Å². The molecule has 0 fully saturated rings. The number of hydrogen-bond donors (Lipinski definition) is 2. The second-order valence-corrected chi connectivity index (χ2v) is 6.93. The van der Waals surface area contributed by atoms with Crippen molar-refractivity contribution in [3.63, 3.8) is 0 Å². The first-order valence-electron chi connectivity index (χ1n) is 7.01. The Balaban J connectivity index is 2.39. The highest BCUT2D eigenvalue weighted by Crippen LogP contribution is 2.31. The first-order chi connectivity index (χ1) is 10.0. The van der Waals surface area contributed by atoms with E-state index < -0.39 is 0 Å². The first-order valence-corrected chi connectivity index (χ1v) is 8.18. The molecule has 0 heterocycles. The van der Waals surface area contributed by atoms with E-state index in [9.17, 15) is 0 Å². The van der Waals surface area contributed by atoms with Crippen LogP contribution < -0.4 is 11.3 Å². The molecule has 0 aliphatic heterocycles. The van der Waals surface area contributed by atoms with Gasteiger partial charge in [-0.05, 0) is 47.2 Å². The predicted molar refractivity (Wildman–Crippen MR) is 93.3 cm³/mol. The predicted octanol–water partition coefficient (Wildman–Crippen LogP) is 4.85. The standard InChI is InChI=1S/C17H20BrClN2/c1-11(2)8-12-4-3-5-13(9-12)17(21-20)15-10-14(18)6-7-16(15)19/h3-7,9-11,17,21H,8,20H2,1-2H3. The molecule has 2 aromatic rings. The van der Waals surface area contributed by atoms with Crippen LogP contribution in [0.15, 0.2) is 46.9 Å². The lowest BCUT2D eigenvalue weighted by Gasteiger charge is -2.19. The Morgan fingerprint density at radius 3 is 2.62 bits per heavy atom. The first kappa shape index (κ1) is 16.5. The smallest absolute Gasteiger partial charge is 0.0725 e. The quantitative estimate of drug-likeness (QED) is 0.585. The van der Waals surface area contributed by atoms with Crippen LogP contribution in [0, 0.1) is 5.92 Å². The van der Waals surface area contributed by atoms with Crippen molar-refractivity contribution in [2.75, 3.05) is 0 Å². The summed E-state index contributed by atoms with van der Waals surface area (Å²) in [5.74, 6) is 6.41. The van der Waals surface area contributed by atoms with E-state index in [1.54, 1.807) is 0 Å². The van der Waals surface area contributed by atoms with Gasteiger partial charge in [0, 0.05) is 9.50 Å². The van der Waals surface area contributed by atoms with Crippen molar-refractivity contribution in [2.24, 2.45) is 11.8 Å². The molecule has 21 heavy (non-hydrogen) atoms. The van der Waals surface area contributed by atoms with Crippen LogP contribution in [0.1, 0.15) is 36.6 Å². The lowest BCUT2D eigenvalue weighted by Crippen LogP contribution is -2.29. The van der Waals surface area contributed by atoms with Crippen LogP contribution in [-0.2, 0) is 6.42 Å². The Hall–Kier alpha value is -0.870. The zero-order chi connectivity index (χ0) is 15.4. The summed E-state index contributed by atoms with van der Waals surface area (Å²) in [6.45, 7) is 4.44. The monoisotopic (exact) mass is 366 g/mol. The molecule has 112 valence electrons. The van der Waals surface area contributed by atoms with Crippen molar-refractivity contribution in [1.82, 2.24) is 5.43 Å². The summed E-state index contributed by atoms with van der Waals surface area (Å²) in [5.41, 5.74) is 6.28. The van der Waals surface area contributed by atoms with Gasteiger partial charge in [-0.3, -0.25) is 5.84 Å². The summed E-state index contributed by atoms with van der Waals surface area (Å²) < 4.78 is 0.987. The molecule has 1 unspecified atom stereocenters. The number of hydrogen-bond acceptors (Lipinski definition) is 2. The number of benzene rings is 2. The number of halogens is 2. The molecule has 2 rings (SSSR count). The van der Waals surface area contributed by atoms with Crippen LogP contribution >= 0.6 is 27.5 Å². The van der Waals surface area contributed by atoms with Crippen LogP contribution in [0.4, 0.5) is 0 Å². The Kier molecular flexibility index (Phi) is 5.82. The molecular formula is C17H20BrClN2. The second kappa shape index (κ2) is 7.41. The fourth-order valence-corrected chi connectivity index (χ4v) is 3.08. The molecule has 0 saturated carbocycles.